The van der Waals surface area contributed by atoms with E-state index < -0.39 is 0 Å². The molecule has 1 heterocycles. The van der Waals surface area contributed by atoms with Crippen molar-refractivity contribution >= 4 is 16.9 Å². The maximum absolute atomic E-state index is 12.1. The lowest BCUT2D eigenvalue weighted by Crippen LogP contribution is -2.30. The molecule has 0 aliphatic carbocycles. The lowest BCUT2D eigenvalue weighted by atomic mass is 10.1. The molecule has 0 aliphatic rings. The molecule has 3 rings (SSSR count). The minimum absolute atomic E-state index is 0.0338. The number of carbonyl (C=O) groups excluding carboxylic acids is 1. The van der Waals surface area contributed by atoms with Gasteiger partial charge < -0.3 is 5.32 Å². The Morgan fingerprint density at radius 3 is 2.67 bits per heavy atom. The van der Waals surface area contributed by atoms with Crippen molar-refractivity contribution in [1.29, 1.82) is 0 Å². The molecule has 3 aromatic rings. The number of hydrogen-bond donors (Lipinski definition) is 1. The van der Waals surface area contributed by atoms with Crippen LogP contribution in [-0.2, 0) is 11.3 Å². The summed E-state index contributed by atoms with van der Waals surface area (Å²) in [6.07, 6.45) is 0. The van der Waals surface area contributed by atoms with Crippen molar-refractivity contribution in [2.45, 2.75) is 19.5 Å². The second-order valence-electron chi connectivity index (χ2n) is 4.94. The summed E-state index contributed by atoms with van der Waals surface area (Å²) in [6, 6.07) is 17.4. The fraction of sp³-hybridized carbons (Fsp3) is 0.188. The van der Waals surface area contributed by atoms with Crippen molar-refractivity contribution in [3.8, 4) is 0 Å². The van der Waals surface area contributed by atoms with E-state index >= 15 is 0 Å². The zero-order valence-electron chi connectivity index (χ0n) is 11.7. The van der Waals surface area contributed by atoms with Crippen LogP contribution in [0, 0.1) is 0 Å². The van der Waals surface area contributed by atoms with E-state index in [0.29, 0.717) is 0 Å². The number of fused-ring (bicyclic) bond motifs is 1. The fourth-order valence-corrected chi connectivity index (χ4v) is 2.28. The lowest BCUT2D eigenvalue weighted by molar-refractivity contribution is -0.122. The lowest BCUT2D eigenvalue weighted by Gasteiger charge is -2.14. The number of carbonyl (C=O) groups is 1. The summed E-state index contributed by atoms with van der Waals surface area (Å²) in [4.78, 5) is 12.1. The van der Waals surface area contributed by atoms with Crippen LogP contribution in [-0.4, -0.2) is 20.9 Å². The summed E-state index contributed by atoms with van der Waals surface area (Å²) in [5, 5.41) is 11.0. The average Bonchev–Trinajstić information content (AvgIpc) is 2.91. The van der Waals surface area contributed by atoms with Gasteiger partial charge in [-0.2, -0.15) is 0 Å². The van der Waals surface area contributed by atoms with Gasteiger partial charge >= 0.3 is 0 Å². The van der Waals surface area contributed by atoms with Gasteiger partial charge in [0.1, 0.15) is 12.1 Å². The Bertz CT molecular complexity index is 751. The standard InChI is InChI=1S/C16H16N4O/c1-12(13-7-3-2-4-8-13)17-16(21)11-20-15-10-6-5-9-14(15)18-19-20/h2-10,12H,11H2,1H3,(H,17,21)/t12-/m0/s1. The van der Waals surface area contributed by atoms with Gasteiger partial charge in [-0.15, -0.1) is 5.10 Å². The molecule has 0 bridgehead atoms. The molecule has 1 aromatic heterocycles. The number of aromatic nitrogens is 3. The van der Waals surface area contributed by atoms with Gasteiger partial charge in [-0.25, -0.2) is 4.68 Å². The minimum atomic E-state index is -0.0815. The molecule has 1 atom stereocenters. The smallest absolute Gasteiger partial charge is 0.242 e. The molecule has 0 fully saturated rings. The van der Waals surface area contributed by atoms with Crippen LogP contribution < -0.4 is 5.32 Å². The SMILES string of the molecule is C[C@H](NC(=O)Cn1nnc2ccccc21)c1ccccc1. The van der Waals surface area contributed by atoms with Gasteiger partial charge in [0.25, 0.3) is 0 Å². The molecule has 1 amide bonds. The van der Waals surface area contributed by atoms with Crippen LogP contribution in [0.15, 0.2) is 54.6 Å². The van der Waals surface area contributed by atoms with Crippen LogP contribution in [0.4, 0.5) is 0 Å². The molecule has 0 unspecified atom stereocenters. The highest BCUT2D eigenvalue weighted by atomic mass is 16.2. The van der Waals surface area contributed by atoms with Crippen LogP contribution in [0.25, 0.3) is 11.0 Å². The van der Waals surface area contributed by atoms with E-state index in [-0.39, 0.29) is 18.5 Å². The maximum Gasteiger partial charge on any atom is 0.242 e. The third-order valence-corrected chi connectivity index (χ3v) is 3.39. The van der Waals surface area contributed by atoms with E-state index in [4.69, 9.17) is 0 Å². The molecule has 1 N–H and O–H groups in total. The Balaban J connectivity index is 1.69. The van der Waals surface area contributed by atoms with Gasteiger partial charge in [-0.1, -0.05) is 47.7 Å². The zero-order valence-corrected chi connectivity index (χ0v) is 11.7. The van der Waals surface area contributed by atoms with E-state index in [1.807, 2.05) is 61.5 Å². The van der Waals surface area contributed by atoms with Gasteiger partial charge in [-0.3, -0.25) is 4.79 Å². The number of rotatable bonds is 4. The third-order valence-electron chi connectivity index (χ3n) is 3.39. The summed E-state index contributed by atoms with van der Waals surface area (Å²) in [5.41, 5.74) is 2.73. The molecular weight excluding hydrogens is 264 g/mol. The summed E-state index contributed by atoms with van der Waals surface area (Å²) in [5.74, 6) is -0.0815. The number of amides is 1. The quantitative estimate of drug-likeness (QED) is 0.797. The Morgan fingerprint density at radius 2 is 1.86 bits per heavy atom. The molecule has 0 saturated carbocycles. The largest absolute Gasteiger partial charge is 0.348 e. The first kappa shape index (κ1) is 13.3. The van der Waals surface area contributed by atoms with E-state index in [0.717, 1.165) is 16.6 Å². The van der Waals surface area contributed by atoms with E-state index in [9.17, 15) is 4.79 Å². The minimum Gasteiger partial charge on any atom is -0.348 e. The first-order valence-corrected chi connectivity index (χ1v) is 6.86. The molecule has 5 heteroatoms. The Labute approximate surface area is 122 Å². The van der Waals surface area contributed by atoms with E-state index in [1.54, 1.807) is 4.68 Å². The Kier molecular flexibility index (Phi) is 3.64. The van der Waals surface area contributed by atoms with Crippen molar-refractivity contribution < 1.29 is 4.79 Å². The van der Waals surface area contributed by atoms with Crippen molar-refractivity contribution in [2.24, 2.45) is 0 Å². The monoisotopic (exact) mass is 280 g/mol. The van der Waals surface area contributed by atoms with Crippen LogP contribution in [0.5, 0.6) is 0 Å². The topological polar surface area (TPSA) is 59.8 Å². The molecule has 106 valence electrons. The second-order valence-corrected chi connectivity index (χ2v) is 4.94. The second kappa shape index (κ2) is 5.75. The molecule has 0 aliphatic heterocycles. The molecule has 21 heavy (non-hydrogen) atoms. The number of hydrogen-bond acceptors (Lipinski definition) is 3. The first-order chi connectivity index (χ1) is 10.2. The highest BCUT2D eigenvalue weighted by Crippen LogP contribution is 2.12. The van der Waals surface area contributed by atoms with Crippen LogP contribution in [0.3, 0.4) is 0 Å². The number of para-hydroxylation sites is 1. The summed E-state index contributed by atoms with van der Waals surface area (Å²) >= 11 is 0. The molecule has 2 aromatic carbocycles. The van der Waals surface area contributed by atoms with E-state index in [1.165, 1.54) is 0 Å². The van der Waals surface area contributed by atoms with E-state index in [2.05, 4.69) is 15.6 Å². The predicted molar refractivity (Wildman–Crippen MR) is 80.5 cm³/mol. The van der Waals surface area contributed by atoms with Crippen LogP contribution in [0.2, 0.25) is 0 Å². The maximum atomic E-state index is 12.1. The van der Waals surface area contributed by atoms with Crippen molar-refractivity contribution in [3.63, 3.8) is 0 Å². The average molecular weight is 280 g/mol. The molecule has 0 saturated heterocycles. The van der Waals surface area contributed by atoms with Crippen molar-refractivity contribution in [1.82, 2.24) is 20.3 Å². The summed E-state index contributed by atoms with van der Waals surface area (Å²) in [7, 11) is 0. The highest BCUT2D eigenvalue weighted by Gasteiger charge is 2.12. The first-order valence-electron chi connectivity index (χ1n) is 6.86. The molecule has 0 spiro atoms. The van der Waals surface area contributed by atoms with Gasteiger partial charge in [0.15, 0.2) is 0 Å². The van der Waals surface area contributed by atoms with Crippen molar-refractivity contribution in [3.05, 3.63) is 60.2 Å². The summed E-state index contributed by atoms with van der Waals surface area (Å²) < 4.78 is 1.61. The summed E-state index contributed by atoms with van der Waals surface area (Å²) in [6.45, 7) is 2.13. The molecular formula is C16H16N4O. The number of benzene rings is 2. The van der Waals surface area contributed by atoms with Crippen molar-refractivity contribution in [2.75, 3.05) is 0 Å². The third kappa shape index (κ3) is 2.91. The number of nitrogens with zero attached hydrogens (tertiary/aromatic N) is 3. The number of nitrogens with one attached hydrogen (secondary N) is 1. The van der Waals surface area contributed by atoms with Crippen LogP contribution >= 0.6 is 0 Å². The Hall–Kier alpha value is -2.69. The fourth-order valence-electron chi connectivity index (χ4n) is 2.28. The Morgan fingerprint density at radius 1 is 1.14 bits per heavy atom. The van der Waals surface area contributed by atoms with Gasteiger partial charge in [0, 0.05) is 0 Å². The molecule has 0 radical (unpaired) electrons. The zero-order chi connectivity index (χ0) is 14.7. The van der Waals surface area contributed by atoms with Crippen LogP contribution in [0.1, 0.15) is 18.5 Å². The van der Waals surface area contributed by atoms with Gasteiger partial charge in [-0.05, 0) is 24.6 Å². The molecule has 5 nitrogen and oxygen atoms in total. The predicted octanol–water partition coefficient (Wildman–Crippen LogP) is 2.31. The van der Waals surface area contributed by atoms with Gasteiger partial charge in [0.05, 0.1) is 11.6 Å². The van der Waals surface area contributed by atoms with Gasteiger partial charge in [0.2, 0.25) is 5.91 Å². The normalized spacial score (nSPS) is 12.2. The highest BCUT2D eigenvalue weighted by molar-refractivity contribution is 5.79.